The first-order chi connectivity index (χ1) is 21.7. The van der Waals surface area contributed by atoms with E-state index in [0.29, 0.717) is 11.1 Å². The van der Waals surface area contributed by atoms with Crippen LogP contribution in [0.3, 0.4) is 0 Å². The smallest absolute Gasteiger partial charge is 0.432 e. The summed E-state index contributed by atoms with van der Waals surface area (Å²) in [6.45, 7) is -0.123. The van der Waals surface area contributed by atoms with Gasteiger partial charge in [0.1, 0.15) is 36.3 Å². The average molecular weight is 614 g/mol. The van der Waals surface area contributed by atoms with Crippen LogP contribution >= 0.6 is 0 Å². The monoisotopic (exact) mass is 613 g/mol. The molecule has 226 valence electrons. The lowest BCUT2D eigenvalue weighted by Crippen LogP contribution is -2.13. The van der Waals surface area contributed by atoms with Crippen molar-refractivity contribution in [3.05, 3.63) is 155 Å². The number of alkyl halides is 3. The van der Waals surface area contributed by atoms with Gasteiger partial charge in [-0.1, -0.05) is 72.8 Å². The van der Waals surface area contributed by atoms with Gasteiger partial charge in [-0.15, -0.1) is 0 Å². The second kappa shape index (κ2) is 12.3. The number of halogens is 5. The average Bonchev–Trinajstić information content (AvgIpc) is 3.40. The van der Waals surface area contributed by atoms with Crippen molar-refractivity contribution in [2.45, 2.75) is 19.4 Å². The number of esters is 1. The lowest BCUT2D eigenvalue weighted by molar-refractivity contribution is -0.141. The number of aromatic nitrogens is 1. The summed E-state index contributed by atoms with van der Waals surface area (Å²) in [5.41, 5.74) is 0.387. The molecular formula is C36H24F5NO3. The van der Waals surface area contributed by atoms with E-state index in [-0.39, 0.29) is 46.7 Å². The lowest BCUT2D eigenvalue weighted by Gasteiger charge is -2.15. The minimum absolute atomic E-state index is 0.0102. The number of nitrogens with zero attached hydrogens (tertiary/aromatic N) is 1. The summed E-state index contributed by atoms with van der Waals surface area (Å²) in [5, 5.41) is 0.0345. The largest absolute Gasteiger partial charge is 0.488 e. The third kappa shape index (κ3) is 6.28. The zero-order valence-electron chi connectivity index (χ0n) is 23.5. The summed E-state index contributed by atoms with van der Waals surface area (Å²) in [6.07, 6.45) is -4.92. The molecule has 1 aromatic heterocycles. The van der Waals surface area contributed by atoms with Gasteiger partial charge in [-0.3, -0.25) is 0 Å². The van der Waals surface area contributed by atoms with Crippen molar-refractivity contribution in [2.75, 3.05) is 0 Å². The predicted molar refractivity (Wildman–Crippen MR) is 160 cm³/mol. The van der Waals surface area contributed by atoms with Crippen molar-refractivity contribution in [1.82, 2.24) is 4.57 Å². The standard InChI is InChI=1S/C36H24F5NO3/c37-27-15-17-29(18-16-27)42-30-19-28(38)20-31(44-21-23-7-3-1-4-8-23)33(30)32(34(42)36(39,40)41)25-13-11-24(12-14-25)22-45-35(43)26-9-5-2-6-10-26/h1-20H,21-22H2. The number of carbonyl (C=O) groups excluding carboxylic acids is 1. The quantitative estimate of drug-likeness (QED) is 0.127. The number of hydrogen-bond acceptors (Lipinski definition) is 3. The molecular weight excluding hydrogens is 589 g/mol. The first kappa shape index (κ1) is 29.6. The molecule has 0 aliphatic carbocycles. The maximum absolute atomic E-state index is 15.1. The Bertz CT molecular complexity index is 1950. The second-order valence-corrected chi connectivity index (χ2v) is 10.2. The van der Waals surface area contributed by atoms with E-state index in [1.807, 2.05) is 6.07 Å². The number of ether oxygens (including phenoxy) is 2. The highest BCUT2D eigenvalue weighted by Crippen LogP contribution is 2.48. The number of fused-ring (bicyclic) bond motifs is 1. The van der Waals surface area contributed by atoms with Crippen molar-refractivity contribution < 1.29 is 36.2 Å². The number of hydrogen-bond donors (Lipinski definition) is 0. The maximum Gasteiger partial charge on any atom is 0.432 e. The number of carbonyl (C=O) groups is 1. The molecule has 45 heavy (non-hydrogen) atoms. The fourth-order valence-electron chi connectivity index (χ4n) is 5.18. The highest BCUT2D eigenvalue weighted by atomic mass is 19.4. The Balaban J connectivity index is 1.48. The molecule has 0 fully saturated rings. The van der Waals surface area contributed by atoms with Gasteiger partial charge in [0.25, 0.3) is 0 Å². The Morgan fingerprint density at radius 3 is 1.96 bits per heavy atom. The highest BCUT2D eigenvalue weighted by Gasteiger charge is 2.41. The van der Waals surface area contributed by atoms with E-state index >= 15 is 17.6 Å². The molecule has 0 atom stereocenters. The Hall–Kier alpha value is -5.44. The van der Waals surface area contributed by atoms with Crippen LogP contribution in [-0.4, -0.2) is 10.5 Å². The van der Waals surface area contributed by atoms with Gasteiger partial charge in [-0.05, 0) is 59.2 Å². The van der Waals surface area contributed by atoms with Gasteiger partial charge in [0.05, 0.1) is 16.5 Å². The van der Waals surface area contributed by atoms with Crippen molar-refractivity contribution in [3.63, 3.8) is 0 Å². The Morgan fingerprint density at radius 2 is 1.31 bits per heavy atom. The first-order valence-electron chi connectivity index (χ1n) is 13.9. The van der Waals surface area contributed by atoms with Crippen LogP contribution in [0.25, 0.3) is 27.7 Å². The van der Waals surface area contributed by atoms with Gasteiger partial charge in [0.2, 0.25) is 0 Å². The van der Waals surface area contributed by atoms with Crippen LogP contribution < -0.4 is 4.74 Å². The molecule has 0 aliphatic rings. The summed E-state index contributed by atoms with van der Waals surface area (Å²) in [7, 11) is 0. The normalized spacial score (nSPS) is 11.5. The van der Waals surface area contributed by atoms with E-state index in [9.17, 15) is 9.18 Å². The molecule has 0 saturated heterocycles. The molecule has 5 aromatic carbocycles. The van der Waals surface area contributed by atoms with Crippen LogP contribution in [-0.2, 0) is 24.1 Å². The highest BCUT2D eigenvalue weighted by molar-refractivity contribution is 6.03. The topological polar surface area (TPSA) is 40.5 Å². The van der Waals surface area contributed by atoms with Crippen molar-refractivity contribution in [2.24, 2.45) is 0 Å². The van der Waals surface area contributed by atoms with Crippen LogP contribution in [0.4, 0.5) is 22.0 Å². The molecule has 6 rings (SSSR count). The molecule has 4 nitrogen and oxygen atoms in total. The van der Waals surface area contributed by atoms with E-state index in [0.717, 1.165) is 34.4 Å². The molecule has 0 N–H and O–H groups in total. The summed E-state index contributed by atoms with van der Waals surface area (Å²) in [6, 6.07) is 30.0. The van der Waals surface area contributed by atoms with Gasteiger partial charge in [0.15, 0.2) is 0 Å². The molecule has 6 aromatic rings. The van der Waals surface area contributed by atoms with E-state index in [4.69, 9.17) is 9.47 Å². The first-order valence-corrected chi connectivity index (χ1v) is 13.9. The molecule has 0 amide bonds. The van der Waals surface area contributed by atoms with Gasteiger partial charge in [-0.2, -0.15) is 13.2 Å². The lowest BCUT2D eigenvalue weighted by atomic mass is 9.99. The van der Waals surface area contributed by atoms with Crippen LogP contribution in [0.15, 0.2) is 121 Å². The molecule has 0 saturated carbocycles. The third-order valence-electron chi connectivity index (χ3n) is 7.21. The van der Waals surface area contributed by atoms with Crippen molar-refractivity contribution >= 4 is 16.9 Å². The molecule has 0 radical (unpaired) electrons. The Morgan fingerprint density at radius 1 is 0.689 bits per heavy atom. The zero-order chi connectivity index (χ0) is 31.6. The van der Waals surface area contributed by atoms with E-state index in [1.54, 1.807) is 66.7 Å². The van der Waals surface area contributed by atoms with Gasteiger partial charge in [-0.25, -0.2) is 13.6 Å². The summed E-state index contributed by atoms with van der Waals surface area (Å²) < 4.78 is 86.2. The molecule has 1 heterocycles. The van der Waals surface area contributed by atoms with Crippen molar-refractivity contribution in [3.8, 4) is 22.6 Å². The Labute approximate surface area is 254 Å². The molecule has 0 aliphatic heterocycles. The SMILES string of the molecule is O=C(OCc1ccc(-c2c(C(F)(F)F)n(-c3ccc(F)cc3)c3cc(F)cc(OCc4ccccc4)c23)cc1)c1ccccc1. The minimum atomic E-state index is -4.92. The fraction of sp³-hybridized carbons (Fsp3) is 0.0833. The van der Waals surface area contributed by atoms with E-state index in [1.165, 1.54) is 24.3 Å². The van der Waals surface area contributed by atoms with Crippen molar-refractivity contribution in [1.29, 1.82) is 0 Å². The van der Waals surface area contributed by atoms with E-state index < -0.39 is 29.5 Å². The number of rotatable bonds is 8. The molecule has 0 unspecified atom stereocenters. The second-order valence-electron chi connectivity index (χ2n) is 10.2. The molecule has 9 heteroatoms. The van der Waals surface area contributed by atoms with Gasteiger partial charge >= 0.3 is 12.1 Å². The number of benzene rings is 5. The Kier molecular flexibility index (Phi) is 8.08. The van der Waals surface area contributed by atoms with Gasteiger partial charge in [0, 0.05) is 17.3 Å². The van der Waals surface area contributed by atoms with Crippen LogP contribution in [0.2, 0.25) is 0 Å². The minimum Gasteiger partial charge on any atom is -0.488 e. The molecule has 0 spiro atoms. The predicted octanol–water partition coefficient (Wildman–Crippen LogP) is 9.53. The summed E-state index contributed by atoms with van der Waals surface area (Å²) in [4.78, 5) is 12.4. The molecule has 0 bridgehead atoms. The van der Waals surface area contributed by atoms with Crippen LogP contribution in [0, 0.1) is 11.6 Å². The summed E-state index contributed by atoms with van der Waals surface area (Å²) >= 11 is 0. The van der Waals surface area contributed by atoms with Crippen LogP contribution in [0.5, 0.6) is 5.75 Å². The third-order valence-corrected chi connectivity index (χ3v) is 7.21. The zero-order valence-corrected chi connectivity index (χ0v) is 23.5. The summed E-state index contributed by atoms with van der Waals surface area (Å²) in [5.74, 6) is -2.06. The maximum atomic E-state index is 15.1. The van der Waals surface area contributed by atoms with Gasteiger partial charge < -0.3 is 14.0 Å². The van der Waals surface area contributed by atoms with E-state index in [2.05, 4.69) is 0 Å². The fourth-order valence-corrected chi connectivity index (χ4v) is 5.18. The van der Waals surface area contributed by atoms with Crippen LogP contribution in [0.1, 0.15) is 27.2 Å².